The lowest BCUT2D eigenvalue weighted by molar-refractivity contribution is -0.117. The highest BCUT2D eigenvalue weighted by atomic mass is 16.2. The van der Waals surface area contributed by atoms with Gasteiger partial charge in [0.2, 0.25) is 5.91 Å². The summed E-state index contributed by atoms with van der Waals surface area (Å²) in [5.74, 6) is 1.54. The molecule has 2 heterocycles. The first-order valence-electron chi connectivity index (χ1n) is 7.84. The molecular weight excluding hydrogens is 264 g/mol. The minimum absolute atomic E-state index is 0.0617. The minimum atomic E-state index is -0.0617. The molecule has 2 N–H and O–H groups in total. The van der Waals surface area contributed by atoms with E-state index in [0.29, 0.717) is 12.0 Å². The lowest BCUT2D eigenvalue weighted by atomic mass is 9.85. The monoisotopic (exact) mass is 288 g/mol. The van der Waals surface area contributed by atoms with Crippen molar-refractivity contribution in [3.8, 4) is 0 Å². The van der Waals surface area contributed by atoms with Gasteiger partial charge in [-0.3, -0.25) is 4.79 Å². The van der Waals surface area contributed by atoms with Crippen LogP contribution in [0.15, 0.2) is 18.3 Å². The van der Waals surface area contributed by atoms with Gasteiger partial charge in [-0.05, 0) is 37.3 Å². The Morgan fingerprint density at radius 3 is 2.95 bits per heavy atom. The van der Waals surface area contributed by atoms with Crippen LogP contribution in [0.4, 0.5) is 11.5 Å². The van der Waals surface area contributed by atoms with Crippen molar-refractivity contribution in [2.45, 2.75) is 44.2 Å². The van der Waals surface area contributed by atoms with E-state index in [1.807, 2.05) is 31.1 Å². The summed E-state index contributed by atoms with van der Waals surface area (Å²) in [7, 11) is 3.86. The van der Waals surface area contributed by atoms with Gasteiger partial charge in [0.15, 0.2) is 5.82 Å². The van der Waals surface area contributed by atoms with Crippen molar-refractivity contribution < 1.29 is 4.79 Å². The van der Waals surface area contributed by atoms with Crippen molar-refractivity contribution in [1.82, 2.24) is 10.3 Å². The number of aromatic nitrogens is 1. The smallest absolute Gasteiger partial charge is 0.241 e. The molecule has 2 aliphatic rings. The number of anilines is 2. The minimum Gasteiger partial charge on any atom is -0.361 e. The molecule has 1 aliphatic heterocycles. The molecule has 1 amide bonds. The van der Waals surface area contributed by atoms with Crippen LogP contribution in [0.3, 0.4) is 0 Å². The molecule has 0 spiro atoms. The molecule has 5 nitrogen and oxygen atoms in total. The Hall–Kier alpha value is -1.62. The maximum Gasteiger partial charge on any atom is 0.241 e. The zero-order valence-corrected chi connectivity index (χ0v) is 12.8. The number of amides is 1. The van der Waals surface area contributed by atoms with Gasteiger partial charge in [0.1, 0.15) is 0 Å². The van der Waals surface area contributed by atoms with Crippen LogP contribution >= 0.6 is 0 Å². The van der Waals surface area contributed by atoms with E-state index in [9.17, 15) is 4.79 Å². The molecule has 0 bridgehead atoms. The summed E-state index contributed by atoms with van der Waals surface area (Å²) < 4.78 is 0. The zero-order chi connectivity index (χ0) is 14.8. The second-order valence-corrected chi connectivity index (χ2v) is 6.36. The summed E-state index contributed by atoms with van der Waals surface area (Å²) in [4.78, 5) is 18.7. The second kappa shape index (κ2) is 6.02. The van der Waals surface area contributed by atoms with E-state index in [1.165, 1.54) is 25.7 Å². The van der Waals surface area contributed by atoms with Gasteiger partial charge in [0.25, 0.3) is 0 Å². The third-order valence-electron chi connectivity index (χ3n) is 4.65. The van der Waals surface area contributed by atoms with Crippen LogP contribution in [-0.2, 0) is 4.79 Å². The third-order valence-corrected chi connectivity index (χ3v) is 4.65. The van der Waals surface area contributed by atoms with Crippen LogP contribution in [0.5, 0.6) is 0 Å². The van der Waals surface area contributed by atoms with Crippen molar-refractivity contribution in [2.75, 3.05) is 24.3 Å². The fourth-order valence-electron chi connectivity index (χ4n) is 3.59. The SMILES string of the molecule is CN(C)c1ncccc1NC(=O)C1CC2CCCCC2N1. The number of nitrogens with zero attached hydrogens (tertiary/aromatic N) is 2. The van der Waals surface area contributed by atoms with Crippen molar-refractivity contribution in [1.29, 1.82) is 0 Å². The molecule has 1 aromatic rings. The quantitative estimate of drug-likeness (QED) is 0.893. The number of fused-ring (bicyclic) bond motifs is 1. The predicted molar refractivity (Wildman–Crippen MR) is 84.5 cm³/mol. The standard InChI is InChI=1S/C16H24N4O/c1-20(2)15-13(8-5-9-17-15)19-16(21)14-10-11-6-3-4-7-12(11)18-14/h5,8-9,11-12,14,18H,3-4,6-7,10H2,1-2H3,(H,19,21). The van der Waals surface area contributed by atoms with Crippen LogP contribution in [-0.4, -0.2) is 37.1 Å². The molecule has 2 fully saturated rings. The van der Waals surface area contributed by atoms with Gasteiger partial charge in [-0.1, -0.05) is 12.8 Å². The Morgan fingerprint density at radius 1 is 1.38 bits per heavy atom. The number of nitrogens with one attached hydrogen (secondary N) is 2. The van der Waals surface area contributed by atoms with Gasteiger partial charge in [0, 0.05) is 26.3 Å². The highest BCUT2D eigenvalue weighted by molar-refractivity contribution is 5.97. The van der Waals surface area contributed by atoms with Crippen LogP contribution in [0.25, 0.3) is 0 Å². The number of carbonyl (C=O) groups is 1. The van der Waals surface area contributed by atoms with Crippen molar-refractivity contribution in [2.24, 2.45) is 5.92 Å². The molecule has 114 valence electrons. The summed E-state index contributed by atoms with van der Waals surface area (Å²) in [5.41, 5.74) is 0.782. The van der Waals surface area contributed by atoms with E-state index in [-0.39, 0.29) is 11.9 Å². The molecule has 1 saturated heterocycles. The van der Waals surface area contributed by atoms with Gasteiger partial charge < -0.3 is 15.5 Å². The number of hydrogen-bond acceptors (Lipinski definition) is 4. The second-order valence-electron chi connectivity index (χ2n) is 6.36. The van der Waals surface area contributed by atoms with Crippen molar-refractivity contribution in [3.05, 3.63) is 18.3 Å². The number of hydrogen-bond donors (Lipinski definition) is 2. The van der Waals surface area contributed by atoms with E-state index in [0.717, 1.165) is 17.9 Å². The lowest BCUT2D eigenvalue weighted by Gasteiger charge is -2.24. The van der Waals surface area contributed by atoms with Crippen LogP contribution in [0.2, 0.25) is 0 Å². The Morgan fingerprint density at radius 2 is 2.19 bits per heavy atom. The van der Waals surface area contributed by atoms with Crippen LogP contribution < -0.4 is 15.5 Å². The Bertz CT molecular complexity index is 503. The number of rotatable bonds is 3. The first-order chi connectivity index (χ1) is 10.1. The van der Waals surface area contributed by atoms with E-state index in [1.54, 1.807) is 6.20 Å². The molecule has 1 aliphatic carbocycles. The molecule has 21 heavy (non-hydrogen) atoms. The van der Waals surface area contributed by atoms with Gasteiger partial charge in [-0.15, -0.1) is 0 Å². The van der Waals surface area contributed by atoms with E-state index < -0.39 is 0 Å². The van der Waals surface area contributed by atoms with E-state index in [4.69, 9.17) is 0 Å². The molecule has 1 aromatic heterocycles. The van der Waals surface area contributed by atoms with E-state index >= 15 is 0 Å². The zero-order valence-electron chi connectivity index (χ0n) is 12.8. The molecular formula is C16H24N4O. The highest BCUT2D eigenvalue weighted by Gasteiger charge is 2.38. The molecule has 0 radical (unpaired) electrons. The van der Waals surface area contributed by atoms with Gasteiger partial charge in [0.05, 0.1) is 11.7 Å². The van der Waals surface area contributed by atoms with Crippen molar-refractivity contribution in [3.63, 3.8) is 0 Å². The Balaban J connectivity index is 1.67. The van der Waals surface area contributed by atoms with Gasteiger partial charge in [-0.2, -0.15) is 0 Å². The fourth-order valence-corrected chi connectivity index (χ4v) is 3.59. The molecule has 3 unspecified atom stereocenters. The highest BCUT2D eigenvalue weighted by Crippen LogP contribution is 2.33. The number of carbonyl (C=O) groups excluding carboxylic acids is 1. The van der Waals surface area contributed by atoms with Crippen molar-refractivity contribution >= 4 is 17.4 Å². The average Bonchev–Trinajstić information content (AvgIpc) is 2.91. The lowest BCUT2D eigenvalue weighted by Crippen LogP contribution is -2.40. The first kappa shape index (κ1) is 14.3. The largest absolute Gasteiger partial charge is 0.361 e. The Labute approximate surface area is 126 Å². The maximum atomic E-state index is 12.5. The summed E-state index contributed by atoms with van der Waals surface area (Å²) >= 11 is 0. The Kier molecular flexibility index (Phi) is 4.10. The maximum absolute atomic E-state index is 12.5. The molecule has 1 saturated carbocycles. The molecule has 3 rings (SSSR count). The topological polar surface area (TPSA) is 57.3 Å². The summed E-state index contributed by atoms with van der Waals surface area (Å²) in [6.45, 7) is 0. The molecule has 3 atom stereocenters. The average molecular weight is 288 g/mol. The summed E-state index contributed by atoms with van der Waals surface area (Å²) in [6.07, 6.45) is 7.78. The first-order valence-corrected chi connectivity index (χ1v) is 7.84. The predicted octanol–water partition coefficient (Wildman–Crippen LogP) is 2.01. The molecule has 5 heteroatoms. The van der Waals surface area contributed by atoms with Crippen LogP contribution in [0.1, 0.15) is 32.1 Å². The van der Waals surface area contributed by atoms with Crippen LogP contribution in [0, 0.1) is 5.92 Å². The summed E-state index contributed by atoms with van der Waals surface area (Å²) in [6, 6.07) is 4.23. The summed E-state index contributed by atoms with van der Waals surface area (Å²) in [5, 5.41) is 6.55. The van der Waals surface area contributed by atoms with E-state index in [2.05, 4.69) is 15.6 Å². The molecule has 0 aromatic carbocycles. The fraction of sp³-hybridized carbons (Fsp3) is 0.625. The van der Waals surface area contributed by atoms with Gasteiger partial charge >= 0.3 is 0 Å². The third kappa shape index (κ3) is 3.02. The number of pyridine rings is 1. The normalized spacial score (nSPS) is 28.0. The van der Waals surface area contributed by atoms with Gasteiger partial charge in [-0.25, -0.2) is 4.98 Å².